The molecule has 1 aromatic carbocycles. The van der Waals surface area contributed by atoms with E-state index in [1.165, 1.54) is 18.0 Å². The van der Waals surface area contributed by atoms with Gasteiger partial charge in [0.25, 0.3) is 5.91 Å². The number of imide groups is 1. The number of halogens is 1. The normalized spacial score (nSPS) is 20.7. The smallest absolute Gasteiger partial charge is 0.329 e. The van der Waals surface area contributed by atoms with Crippen LogP contribution in [0.2, 0.25) is 5.02 Å². The van der Waals surface area contributed by atoms with Crippen LogP contribution < -0.4 is 15.0 Å². The predicted octanol–water partition coefficient (Wildman–Crippen LogP) is 3.87. The lowest BCUT2D eigenvalue weighted by atomic mass is 10.1. The summed E-state index contributed by atoms with van der Waals surface area (Å²) in [6, 6.07) is 8.02. The van der Waals surface area contributed by atoms with Gasteiger partial charge < -0.3 is 10.1 Å². The number of benzene rings is 1. The van der Waals surface area contributed by atoms with Gasteiger partial charge in [-0.05, 0) is 36.4 Å². The van der Waals surface area contributed by atoms with Crippen LogP contribution in [-0.4, -0.2) is 40.3 Å². The highest BCUT2D eigenvalue weighted by molar-refractivity contribution is 8.09. The molecule has 3 aromatic rings. The van der Waals surface area contributed by atoms with E-state index in [2.05, 4.69) is 15.3 Å². The van der Waals surface area contributed by atoms with Gasteiger partial charge in [0.15, 0.2) is 0 Å². The Hall–Kier alpha value is -3.10. The third kappa shape index (κ3) is 3.00. The molecule has 2 aliphatic rings. The molecule has 2 atom stereocenters. The quantitative estimate of drug-likeness (QED) is 0.668. The fourth-order valence-corrected chi connectivity index (χ4v) is 5.18. The van der Waals surface area contributed by atoms with Crippen molar-refractivity contribution >= 4 is 56.8 Å². The number of carbonyl (C=O) groups excluding carboxylic acids is 2. The Morgan fingerprint density at radius 2 is 2.10 bits per heavy atom. The van der Waals surface area contributed by atoms with E-state index in [1.807, 2.05) is 18.2 Å². The Kier molecular flexibility index (Phi) is 4.60. The number of hydrogen-bond acceptors (Lipinski definition) is 6. The zero-order valence-corrected chi connectivity index (χ0v) is 17.3. The Labute approximate surface area is 181 Å². The van der Waals surface area contributed by atoms with Crippen LogP contribution in [0.4, 0.5) is 10.5 Å². The fraction of sp³-hybridized carbons (Fsp3) is 0.143. The van der Waals surface area contributed by atoms with Gasteiger partial charge >= 0.3 is 6.03 Å². The largest absolute Gasteiger partial charge is 0.497 e. The van der Waals surface area contributed by atoms with Gasteiger partial charge in [0.05, 0.1) is 30.6 Å². The zero-order valence-electron chi connectivity index (χ0n) is 15.7. The van der Waals surface area contributed by atoms with Crippen LogP contribution in [0.5, 0.6) is 5.75 Å². The summed E-state index contributed by atoms with van der Waals surface area (Å²) in [5.74, 6) is 0.342. The number of nitrogens with one attached hydrogen (secondary N) is 1. The molecule has 5 rings (SSSR count). The maximum absolute atomic E-state index is 13.3. The first-order chi connectivity index (χ1) is 14.6. The second-order valence-corrected chi connectivity index (χ2v) is 8.39. The molecule has 0 aliphatic carbocycles. The van der Waals surface area contributed by atoms with Gasteiger partial charge in [0.1, 0.15) is 11.0 Å². The molecule has 4 heterocycles. The minimum atomic E-state index is -0.515. The molecule has 0 bridgehead atoms. The number of anilines is 1. The first-order valence-electron chi connectivity index (χ1n) is 9.12. The maximum Gasteiger partial charge on any atom is 0.329 e. The van der Waals surface area contributed by atoms with Crippen molar-refractivity contribution in [3.8, 4) is 5.75 Å². The van der Waals surface area contributed by atoms with Crippen molar-refractivity contribution in [2.24, 2.45) is 0 Å². The summed E-state index contributed by atoms with van der Waals surface area (Å²) < 4.78 is 5.29. The fourth-order valence-electron chi connectivity index (χ4n) is 3.61. The Morgan fingerprint density at radius 3 is 2.93 bits per heavy atom. The van der Waals surface area contributed by atoms with Crippen LogP contribution in [-0.2, 0) is 4.79 Å². The van der Waals surface area contributed by atoms with Crippen LogP contribution in [0.3, 0.4) is 0 Å². The molecule has 3 amide bonds. The van der Waals surface area contributed by atoms with E-state index in [1.54, 1.807) is 37.7 Å². The Morgan fingerprint density at radius 1 is 1.23 bits per heavy atom. The lowest BCUT2D eigenvalue weighted by Crippen LogP contribution is -2.60. The summed E-state index contributed by atoms with van der Waals surface area (Å²) in [5, 5.41) is 3.69. The number of methoxy groups -OCH3 is 1. The van der Waals surface area contributed by atoms with Crippen molar-refractivity contribution in [3.05, 3.63) is 65.6 Å². The number of thioether (sulfide) groups is 1. The van der Waals surface area contributed by atoms with Crippen LogP contribution in [0.15, 0.2) is 55.0 Å². The molecule has 2 aliphatic heterocycles. The van der Waals surface area contributed by atoms with E-state index >= 15 is 0 Å². The molecule has 2 aromatic heterocycles. The van der Waals surface area contributed by atoms with Crippen molar-refractivity contribution in [1.29, 1.82) is 0 Å². The molecule has 1 fully saturated rings. The molecule has 0 saturated carbocycles. The predicted molar refractivity (Wildman–Crippen MR) is 117 cm³/mol. The molecule has 0 radical (unpaired) electrons. The van der Waals surface area contributed by atoms with Gasteiger partial charge in [0.2, 0.25) is 0 Å². The van der Waals surface area contributed by atoms with Crippen molar-refractivity contribution in [2.45, 2.75) is 11.3 Å². The summed E-state index contributed by atoms with van der Waals surface area (Å²) in [7, 11) is 1.58. The molecule has 2 unspecified atom stereocenters. The first-order valence-corrected chi connectivity index (χ1v) is 10.4. The van der Waals surface area contributed by atoms with Gasteiger partial charge in [-0.15, -0.1) is 11.8 Å². The number of nitrogens with zero attached hydrogens (tertiary/aromatic N) is 3. The van der Waals surface area contributed by atoms with Crippen LogP contribution in [0.1, 0.15) is 5.56 Å². The van der Waals surface area contributed by atoms with E-state index in [-0.39, 0.29) is 5.91 Å². The van der Waals surface area contributed by atoms with Crippen molar-refractivity contribution < 1.29 is 14.3 Å². The maximum atomic E-state index is 13.3. The second kappa shape index (κ2) is 7.30. The number of aromatic nitrogens is 2. The number of hydrogen-bond donors (Lipinski definition) is 1. The highest BCUT2D eigenvalue weighted by atomic mass is 35.5. The van der Waals surface area contributed by atoms with Gasteiger partial charge in [-0.25, -0.2) is 9.69 Å². The van der Waals surface area contributed by atoms with Crippen LogP contribution in [0.25, 0.3) is 15.8 Å². The Balaban J connectivity index is 1.50. The van der Waals surface area contributed by atoms with Crippen molar-refractivity contribution in [2.75, 3.05) is 12.0 Å². The first kappa shape index (κ1) is 18.9. The minimum Gasteiger partial charge on any atom is -0.497 e. The number of fused-ring (bicyclic) bond motifs is 2. The number of carbonyl (C=O) groups is 2. The highest BCUT2D eigenvalue weighted by Gasteiger charge is 2.46. The standard InChI is InChI=1S/C21H15ClN4O3S/c1-29-12-4-5-14(22)13(7-12)17-8-15-19(30-17)20(27)26(21(28)25-15)16-10-23-9-11-3-2-6-24-18(11)16/h2-10,15,19H,1H3,(H,25,28). The SMILES string of the molecule is COc1ccc(Cl)c(C2=CC3NC(=O)N(c4cncc5cccnc45)C(=O)C3S2)c1. The lowest BCUT2D eigenvalue weighted by molar-refractivity contribution is -0.118. The Bertz CT molecular complexity index is 1230. The minimum absolute atomic E-state index is 0.320. The topological polar surface area (TPSA) is 84.4 Å². The average molecular weight is 439 g/mol. The monoisotopic (exact) mass is 438 g/mol. The number of ether oxygens (including phenoxy) is 1. The summed E-state index contributed by atoms with van der Waals surface area (Å²) in [6.07, 6.45) is 6.62. The molecular weight excluding hydrogens is 424 g/mol. The molecule has 1 N–H and O–H groups in total. The zero-order chi connectivity index (χ0) is 20.8. The van der Waals surface area contributed by atoms with Crippen molar-refractivity contribution in [3.63, 3.8) is 0 Å². The third-order valence-corrected chi connectivity index (χ3v) is 6.73. The molecule has 1 saturated heterocycles. The number of amides is 3. The van der Waals surface area contributed by atoms with E-state index < -0.39 is 17.3 Å². The number of rotatable bonds is 3. The van der Waals surface area contributed by atoms with E-state index in [0.717, 1.165) is 20.8 Å². The van der Waals surface area contributed by atoms with E-state index in [4.69, 9.17) is 16.3 Å². The van der Waals surface area contributed by atoms with Gasteiger partial charge in [-0.1, -0.05) is 11.6 Å². The van der Waals surface area contributed by atoms with Crippen LogP contribution >= 0.6 is 23.4 Å². The van der Waals surface area contributed by atoms with Crippen LogP contribution in [0, 0.1) is 0 Å². The molecule has 0 spiro atoms. The van der Waals surface area contributed by atoms with Gasteiger partial charge in [-0.2, -0.15) is 0 Å². The summed E-state index contributed by atoms with van der Waals surface area (Å²) >= 11 is 7.75. The lowest BCUT2D eigenvalue weighted by Gasteiger charge is -2.33. The second-order valence-electron chi connectivity index (χ2n) is 6.80. The molecule has 7 nitrogen and oxygen atoms in total. The molecule has 9 heteroatoms. The number of pyridine rings is 2. The van der Waals surface area contributed by atoms with E-state index in [9.17, 15) is 9.59 Å². The highest BCUT2D eigenvalue weighted by Crippen LogP contribution is 2.45. The van der Waals surface area contributed by atoms with Gasteiger partial charge in [-0.3, -0.25) is 14.8 Å². The third-order valence-electron chi connectivity index (χ3n) is 5.04. The molecule has 30 heavy (non-hydrogen) atoms. The number of urea groups is 1. The average Bonchev–Trinajstić information content (AvgIpc) is 3.18. The summed E-state index contributed by atoms with van der Waals surface area (Å²) in [6.45, 7) is 0. The van der Waals surface area contributed by atoms with Crippen molar-refractivity contribution in [1.82, 2.24) is 15.3 Å². The molecule has 150 valence electrons. The summed E-state index contributed by atoms with van der Waals surface area (Å²) in [5.41, 5.74) is 1.67. The van der Waals surface area contributed by atoms with Gasteiger partial charge in [0, 0.05) is 33.3 Å². The summed E-state index contributed by atoms with van der Waals surface area (Å²) in [4.78, 5) is 36.7. The molecular formula is C21H15ClN4O3S. The van der Waals surface area contributed by atoms with E-state index in [0.29, 0.717) is 22.0 Å².